The molecule has 0 saturated carbocycles. The lowest BCUT2D eigenvalue weighted by molar-refractivity contribution is -0.321. The summed E-state index contributed by atoms with van der Waals surface area (Å²) in [5.74, 6) is -1.62. The highest BCUT2D eigenvalue weighted by Gasteiger charge is 2.64. The lowest BCUT2D eigenvalue weighted by atomic mass is 9.91. The average Bonchev–Trinajstić information content (AvgIpc) is 3.17. The molecule has 1 fully saturated rings. The fourth-order valence-electron chi connectivity index (χ4n) is 6.38. The first-order valence-electron chi connectivity index (χ1n) is 17.3. The van der Waals surface area contributed by atoms with E-state index >= 15 is 0 Å². The molecule has 53 heavy (non-hydrogen) atoms. The van der Waals surface area contributed by atoms with Crippen molar-refractivity contribution in [3.63, 3.8) is 0 Å². The molecule has 11 heteroatoms. The van der Waals surface area contributed by atoms with Crippen LogP contribution in [0.25, 0.3) is 0 Å². The van der Waals surface area contributed by atoms with Crippen molar-refractivity contribution in [3.05, 3.63) is 156 Å². The SMILES string of the molecule is C=CC[C@H](C[C@H]1O[C@H](OC)[C@H](OCc2ccccc2)[C@@H](OCc2ccccc2)[C@@H]1OCc1ccccc1)OC(=O)[C@](OC)(c1ccccc1)C(F)(F)F. The fraction of sp³-hybridized carbons (Fsp3) is 0.357. The Labute approximate surface area is 308 Å². The molecule has 1 aliphatic heterocycles. The molecule has 0 radical (unpaired) electrons. The molecule has 0 aromatic heterocycles. The van der Waals surface area contributed by atoms with E-state index in [0.29, 0.717) is 0 Å². The Morgan fingerprint density at radius 1 is 0.717 bits per heavy atom. The predicted molar refractivity (Wildman–Crippen MR) is 191 cm³/mol. The summed E-state index contributed by atoms with van der Waals surface area (Å²) in [6, 6.07) is 35.3. The first kappa shape index (κ1) is 39.8. The van der Waals surface area contributed by atoms with E-state index in [-0.39, 0.29) is 32.7 Å². The number of carbonyl (C=O) groups is 1. The van der Waals surface area contributed by atoms with E-state index in [1.807, 2.05) is 91.0 Å². The van der Waals surface area contributed by atoms with Crippen molar-refractivity contribution in [2.24, 2.45) is 0 Å². The van der Waals surface area contributed by atoms with Gasteiger partial charge in [0.15, 0.2) is 6.29 Å². The van der Waals surface area contributed by atoms with Gasteiger partial charge in [0.1, 0.15) is 24.4 Å². The van der Waals surface area contributed by atoms with Crippen LogP contribution in [0.15, 0.2) is 134 Å². The third-order valence-electron chi connectivity index (χ3n) is 9.05. The minimum absolute atomic E-state index is 0.00453. The third kappa shape index (κ3) is 10.00. The monoisotopic (exact) mass is 734 g/mol. The van der Waals surface area contributed by atoms with Crippen LogP contribution >= 0.6 is 0 Å². The minimum atomic E-state index is -5.15. The van der Waals surface area contributed by atoms with Crippen molar-refractivity contribution in [3.8, 4) is 0 Å². The summed E-state index contributed by atoms with van der Waals surface area (Å²) >= 11 is 0. The zero-order valence-electron chi connectivity index (χ0n) is 29.7. The molecule has 0 amide bonds. The molecule has 1 aliphatic rings. The third-order valence-corrected chi connectivity index (χ3v) is 9.05. The number of hydrogen-bond donors (Lipinski definition) is 0. The Morgan fingerprint density at radius 3 is 1.60 bits per heavy atom. The minimum Gasteiger partial charge on any atom is -0.459 e. The van der Waals surface area contributed by atoms with Crippen LogP contribution in [0, 0.1) is 0 Å². The van der Waals surface area contributed by atoms with Gasteiger partial charge in [-0.05, 0) is 16.7 Å². The van der Waals surface area contributed by atoms with Gasteiger partial charge in [-0.2, -0.15) is 13.2 Å². The summed E-state index contributed by atoms with van der Waals surface area (Å²) in [5.41, 5.74) is -1.11. The lowest BCUT2D eigenvalue weighted by Crippen LogP contribution is -2.61. The average molecular weight is 735 g/mol. The van der Waals surface area contributed by atoms with Gasteiger partial charge in [0.25, 0.3) is 5.60 Å². The number of halogens is 3. The zero-order valence-corrected chi connectivity index (χ0v) is 29.7. The quantitative estimate of drug-likeness (QED) is 0.0750. The number of rotatable bonds is 18. The van der Waals surface area contributed by atoms with E-state index in [2.05, 4.69) is 6.58 Å². The van der Waals surface area contributed by atoms with Crippen LogP contribution in [0.1, 0.15) is 35.1 Å². The van der Waals surface area contributed by atoms with Crippen LogP contribution in [0.2, 0.25) is 0 Å². The number of ether oxygens (including phenoxy) is 7. The van der Waals surface area contributed by atoms with Gasteiger partial charge < -0.3 is 33.2 Å². The number of methoxy groups -OCH3 is 2. The lowest BCUT2D eigenvalue weighted by Gasteiger charge is -2.46. The van der Waals surface area contributed by atoms with Gasteiger partial charge in [-0.1, -0.05) is 127 Å². The molecule has 0 spiro atoms. The molecule has 8 nitrogen and oxygen atoms in total. The summed E-state index contributed by atoms with van der Waals surface area (Å²) in [6.45, 7) is 4.33. The molecule has 1 heterocycles. The van der Waals surface area contributed by atoms with Crippen molar-refractivity contribution < 1.29 is 51.1 Å². The van der Waals surface area contributed by atoms with Gasteiger partial charge in [-0.15, -0.1) is 6.58 Å². The van der Waals surface area contributed by atoms with Crippen LogP contribution in [0.5, 0.6) is 0 Å². The van der Waals surface area contributed by atoms with E-state index in [9.17, 15) is 18.0 Å². The maximum absolute atomic E-state index is 14.8. The number of esters is 1. The summed E-state index contributed by atoms with van der Waals surface area (Å²) in [7, 11) is 2.30. The highest BCUT2D eigenvalue weighted by atomic mass is 19.4. The largest absolute Gasteiger partial charge is 0.459 e. The van der Waals surface area contributed by atoms with E-state index in [4.69, 9.17) is 33.2 Å². The molecule has 282 valence electrons. The first-order chi connectivity index (χ1) is 25.7. The van der Waals surface area contributed by atoms with Crippen molar-refractivity contribution in [1.82, 2.24) is 0 Å². The Kier molecular flexibility index (Phi) is 14.4. The molecule has 0 unspecified atom stereocenters. The Balaban J connectivity index is 1.48. The summed E-state index contributed by atoms with van der Waals surface area (Å²) < 4.78 is 87.1. The van der Waals surface area contributed by atoms with Crippen LogP contribution in [0.3, 0.4) is 0 Å². The maximum atomic E-state index is 14.8. The normalized spacial score (nSPS) is 22.0. The Hall–Kier alpha value is -4.36. The maximum Gasteiger partial charge on any atom is 0.432 e. The number of hydrogen-bond acceptors (Lipinski definition) is 8. The van der Waals surface area contributed by atoms with Crippen molar-refractivity contribution in [2.45, 2.75) is 81.2 Å². The van der Waals surface area contributed by atoms with Crippen LogP contribution in [-0.2, 0) is 63.4 Å². The fourth-order valence-corrected chi connectivity index (χ4v) is 6.38. The van der Waals surface area contributed by atoms with E-state index in [1.165, 1.54) is 37.5 Å². The smallest absolute Gasteiger partial charge is 0.432 e. The van der Waals surface area contributed by atoms with Gasteiger partial charge in [0, 0.05) is 32.6 Å². The highest BCUT2D eigenvalue weighted by Crippen LogP contribution is 2.44. The molecular weight excluding hydrogens is 689 g/mol. The Morgan fingerprint density at radius 2 is 1.17 bits per heavy atom. The molecule has 5 rings (SSSR count). The second-order valence-corrected chi connectivity index (χ2v) is 12.6. The highest BCUT2D eigenvalue weighted by molar-refractivity contribution is 5.82. The van der Waals surface area contributed by atoms with Gasteiger partial charge in [0.05, 0.1) is 25.9 Å². The number of carbonyl (C=O) groups excluding carboxylic acids is 1. The molecule has 7 atom stereocenters. The van der Waals surface area contributed by atoms with Crippen LogP contribution < -0.4 is 0 Å². The summed E-state index contributed by atoms with van der Waals surface area (Å²) in [4.78, 5) is 13.7. The van der Waals surface area contributed by atoms with E-state index in [1.54, 1.807) is 6.07 Å². The molecule has 0 aliphatic carbocycles. The van der Waals surface area contributed by atoms with Gasteiger partial charge in [-0.25, -0.2) is 4.79 Å². The molecule has 4 aromatic rings. The number of benzene rings is 4. The molecule has 0 N–H and O–H groups in total. The molecule has 1 saturated heterocycles. The molecule has 4 aromatic carbocycles. The number of alkyl halides is 3. The predicted octanol–water partition coefficient (Wildman–Crippen LogP) is 8.10. The van der Waals surface area contributed by atoms with Crippen molar-refractivity contribution in [2.75, 3.05) is 14.2 Å². The molecule has 0 bridgehead atoms. The van der Waals surface area contributed by atoms with Gasteiger partial charge in [0.2, 0.25) is 0 Å². The van der Waals surface area contributed by atoms with E-state index < -0.39 is 60.1 Å². The van der Waals surface area contributed by atoms with Gasteiger partial charge >= 0.3 is 12.1 Å². The van der Waals surface area contributed by atoms with Crippen LogP contribution in [-0.4, -0.2) is 63.2 Å². The molecular formula is C42H45F3O8. The Bertz CT molecular complexity index is 1680. The van der Waals surface area contributed by atoms with Gasteiger partial charge in [-0.3, -0.25) is 0 Å². The van der Waals surface area contributed by atoms with Crippen molar-refractivity contribution >= 4 is 5.97 Å². The summed E-state index contributed by atoms with van der Waals surface area (Å²) in [5, 5.41) is 0. The second-order valence-electron chi connectivity index (χ2n) is 12.6. The summed E-state index contributed by atoms with van der Waals surface area (Å²) in [6.07, 6.45) is -9.27. The van der Waals surface area contributed by atoms with Crippen LogP contribution in [0.4, 0.5) is 13.2 Å². The van der Waals surface area contributed by atoms with Crippen molar-refractivity contribution in [1.29, 1.82) is 0 Å². The topological polar surface area (TPSA) is 81.7 Å². The standard InChI is InChI=1S/C42H45F3O8/c1-4-17-34(52-40(46)41(48-3,42(43,44)45)33-24-15-8-16-25-33)26-35-36(49-27-30-18-9-5-10-19-30)37(50-28-31-20-11-6-12-21-31)38(39(47-2)53-35)51-29-32-22-13-7-14-23-32/h4-16,18-25,34-39H,1,17,26-29H2,2-3H3/t34-,35-,36-,37+,38-,39+,41-/m1/s1. The zero-order chi connectivity index (χ0) is 37.7. The second kappa shape index (κ2) is 19.1. The van der Waals surface area contributed by atoms with E-state index in [0.717, 1.165) is 23.8 Å². The first-order valence-corrected chi connectivity index (χ1v) is 17.3.